The summed E-state index contributed by atoms with van der Waals surface area (Å²) in [7, 11) is 0. The van der Waals surface area contributed by atoms with Crippen molar-refractivity contribution < 1.29 is 0 Å². The van der Waals surface area contributed by atoms with Gasteiger partial charge < -0.3 is 0 Å². The summed E-state index contributed by atoms with van der Waals surface area (Å²) in [6.45, 7) is 0.976. The second-order valence-electron chi connectivity index (χ2n) is 2.73. The van der Waals surface area contributed by atoms with Gasteiger partial charge in [-0.1, -0.05) is 18.9 Å². The molecule has 3 heteroatoms. The van der Waals surface area contributed by atoms with Crippen LogP contribution in [0, 0.1) is 0 Å². The molecule has 0 fully saturated rings. The number of nitrogens with one attached hydrogen (secondary N) is 1. The lowest BCUT2D eigenvalue weighted by Gasteiger charge is -1.99. The van der Waals surface area contributed by atoms with E-state index in [0.29, 0.717) is 0 Å². The first-order chi connectivity index (χ1) is 5.93. The van der Waals surface area contributed by atoms with Crippen LogP contribution in [0.25, 0.3) is 0 Å². The number of unbranched alkanes of at least 4 members (excludes halogenated alkanes) is 1. The minimum Gasteiger partial charge on any atom is -0.267 e. The molecule has 0 aliphatic rings. The van der Waals surface area contributed by atoms with Gasteiger partial charge >= 0.3 is 0 Å². The van der Waals surface area contributed by atoms with Crippen LogP contribution < -0.4 is 4.72 Å². The molecule has 0 aliphatic heterocycles. The monoisotopic (exact) mass is 182 g/mol. The molecule has 1 heterocycles. The molecule has 1 aromatic heterocycles. The highest BCUT2D eigenvalue weighted by Crippen LogP contribution is 2.01. The minimum atomic E-state index is 0.976. The number of rotatable bonds is 5. The standard InChI is InChI=1S/C9H14N2S/c12-11-7-2-1-4-9-5-3-6-10-8-9/h3,5-6,8,11-12H,1-2,4,7H2. The van der Waals surface area contributed by atoms with Crippen molar-refractivity contribution in [2.75, 3.05) is 6.54 Å². The van der Waals surface area contributed by atoms with Crippen LogP contribution >= 0.6 is 12.8 Å². The summed E-state index contributed by atoms with van der Waals surface area (Å²) < 4.78 is 2.83. The third-order valence-electron chi connectivity index (χ3n) is 1.73. The van der Waals surface area contributed by atoms with Gasteiger partial charge in [0, 0.05) is 18.9 Å². The molecule has 1 N–H and O–H groups in total. The highest BCUT2D eigenvalue weighted by molar-refractivity contribution is 7.78. The molecular weight excluding hydrogens is 168 g/mol. The van der Waals surface area contributed by atoms with Gasteiger partial charge in [0.1, 0.15) is 0 Å². The Balaban J connectivity index is 2.16. The van der Waals surface area contributed by atoms with Crippen LogP contribution in [-0.2, 0) is 6.42 Å². The fourth-order valence-corrected chi connectivity index (χ4v) is 1.24. The second-order valence-corrected chi connectivity index (χ2v) is 3.04. The predicted octanol–water partition coefficient (Wildman–Crippen LogP) is 1.84. The number of hydrogen-bond donors (Lipinski definition) is 2. The van der Waals surface area contributed by atoms with E-state index in [0.717, 1.165) is 13.0 Å². The predicted molar refractivity (Wildman–Crippen MR) is 54.2 cm³/mol. The molecule has 0 saturated carbocycles. The number of hydrogen-bond acceptors (Lipinski definition) is 3. The van der Waals surface area contributed by atoms with E-state index >= 15 is 0 Å². The molecule has 0 amide bonds. The molecule has 1 rings (SSSR count). The average Bonchev–Trinajstić information content (AvgIpc) is 2.14. The van der Waals surface area contributed by atoms with Crippen LogP contribution in [-0.4, -0.2) is 11.5 Å². The molecule has 12 heavy (non-hydrogen) atoms. The third kappa shape index (κ3) is 3.74. The van der Waals surface area contributed by atoms with Crippen molar-refractivity contribution in [3.63, 3.8) is 0 Å². The molecule has 0 aromatic carbocycles. The Kier molecular flexibility index (Phi) is 4.80. The number of pyridine rings is 1. The molecule has 0 unspecified atom stereocenters. The van der Waals surface area contributed by atoms with Crippen molar-refractivity contribution in [2.24, 2.45) is 0 Å². The van der Waals surface area contributed by atoms with Gasteiger partial charge in [-0.15, -0.1) is 0 Å². The first kappa shape index (κ1) is 9.55. The largest absolute Gasteiger partial charge is 0.267 e. The van der Waals surface area contributed by atoms with Gasteiger partial charge in [-0.25, -0.2) is 0 Å². The lowest BCUT2D eigenvalue weighted by atomic mass is 10.1. The van der Waals surface area contributed by atoms with Crippen molar-refractivity contribution in [3.05, 3.63) is 30.1 Å². The fraction of sp³-hybridized carbons (Fsp3) is 0.444. The summed E-state index contributed by atoms with van der Waals surface area (Å²) in [5.74, 6) is 0. The topological polar surface area (TPSA) is 24.9 Å². The van der Waals surface area contributed by atoms with Crippen molar-refractivity contribution >= 4 is 12.8 Å². The Labute approximate surface area is 79.0 Å². The highest BCUT2D eigenvalue weighted by Gasteiger charge is 1.91. The van der Waals surface area contributed by atoms with Gasteiger partial charge in [-0.2, -0.15) is 0 Å². The second kappa shape index (κ2) is 6.03. The number of thiol groups is 1. The van der Waals surface area contributed by atoms with Crippen molar-refractivity contribution in [3.8, 4) is 0 Å². The van der Waals surface area contributed by atoms with Crippen LogP contribution in [0.3, 0.4) is 0 Å². The molecule has 0 bridgehead atoms. The number of aryl methyl sites for hydroxylation is 1. The lowest BCUT2D eigenvalue weighted by molar-refractivity contribution is 0.724. The van der Waals surface area contributed by atoms with Crippen molar-refractivity contribution in [2.45, 2.75) is 19.3 Å². The smallest absolute Gasteiger partial charge is 0.0299 e. The van der Waals surface area contributed by atoms with Crippen molar-refractivity contribution in [1.29, 1.82) is 0 Å². The SMILES string of the molecule is SNCCCCc1cccnc1. The molecule has 0 saturated heterocycles. The quantitative estimate of drug-likeness (QED) is 0.536. The summed E-state index contributed by atoms with van der Waals surface area (Å²) in [5.41, 5.74) is 1.32. The molecule has 0 spiro atoms. The first-order valence-electron chi connectivity index (χ1n) is 4.19. The third-order valence-corrected chi connectivity index (χ3v) is 1.95. The summed E-state index contributed by atoms with van der Waals surface area (Å²) >= 11 is 3.92. The molecule has 2 nitrogen and oxygen atoms in total. The fourth-order valence-electron chi connectivity index (χ4n) is 1.08. The lowest BCUT2D eigenvalue weighted by Crippen LogP contribution is -2.01. The Bertz CT molecular complexity index is 201. The van der Waals surface area contributed by atoms with E-state index in [4.69, 9.17) is 0 Å². The van der Waals surface area contributed by atoms with Crippen LogP contribution in [0.15, 0.2) is 24.5 Å². The van der Waals surface area contributed by atoms with Gasteiger partial charge in [-0.05, 0) is 30.9 Å². The Morgan fingerprint density at radius 1 is 1.42 bits per heavy atom. The van der Waals surface area contributed by atoms with Crippen LogP contribution in [0.4, 0.5) is 0 Å². The van der Waals surface area contributed by atoms with Gasteiger partial charge in [0.2, 0.25) is 0 Å². The van der Waals surface area contributed by atoms with E-state index in [-0.39, 0.29) is 0 Å². The summed E-state index contributed by atoms with van der Waals surface area (Å²) in [6.07, 6.45) is 7.20. The van der Waals surface area contributed by atoms with E-state index in [1.54, 1.807) is 6.20 Å². The average molecular weight is 182 g/mol. The van der Waals surface area contributed by atoms with Crippen molar-refractivity contribution in [1.82, 2.24) is 9.71 Å². The highest BCUT2D eigenvalue weighted by atomic mass is 32.1. The van der Waals surface area contributed by atoms with Gasteiger partial charge in [0.05, 0.1) is 0 Å². The maximum absolute atomic E-state index is 4.05. The van der Waals surface area contributed by atoms with Gasteiger partial charge in [-0.3, -0.25) is 9.71 Å². The summed E-state index contributed by atoms with van der Waals surface area (Å²) in [4.78, 5) is 4.05. The molecule has 66 valence electrons. The van der Waals surface area contributed by atoms with Crippen LogP contribution in [0.5, 0.6) is 0 Å². The molecule has 0 radical (unpaired) electrons. The number of aromatic nitrogens is 1. The van der Waals surface area contributed by atoms with E-state index < -0.39 is 0 Å². The molecule has 0 atom stereocenters. The zero-order valence-corrected chi connectivity index (χ0v) is 7.93. The maximum Gasteiger partial charge on any atom is 0.0299 e. The van der Waals surface area contributed by atoms with E-state index in [1.165, 1.54) is 18.4 Å². The normalized spacial score (nSPS) is 10.1. The summed E-state index contributed by atoms with van der Waals surface area (Å²) in [6, 6.07) is 4.09. The zero-order chi connectivity index (χ0) is 8.65. The summed E-state index contributed by atoms with van der Waals surface area (Å²) in [5, 5.41) is 0. The Morgan fingerprint density at radius 3 is 3.00 bits per heavy atom. The molecular formula is C9H14N2S. The van der Waals surface area contributed by atoms with E-state index in [1.807, 2.05) is 12.3 Å². The molecule has 1 aromatic rings. The Morgan fingerprint density at radius 2 is 2.33 bits per heavy atom. The van der Waals surface area contributed by atoms with Gasteiger partial charge in [0.25, 0.3) is 0 Å². The van der Waals surface area contributed by atoms with Crippen LogP contribution in [0.2, 0.25) is 0 Å². The Hall–Kier alpha value is -0.540. The van der Waals surface area contributed by atoms with Crippen LogP contribution in [0.1, 0.15) is 18.4 Å². The zero-order valence-electron chi connectivity index (χ0n) is 7.03. The first-order valence-corrected chi connectivity index (χ1v) is 4.64. The number of nitrogens with zero attached hydrogens (tertiary/aromatic N) is 1. The van der Waals surface area contributed by atoms with Gasteiger partial charge in [0.15, 0.2) is 0 Å². The maximum atomic E-state index is 4.05. The van der Waals surface area contributed by atoms with E-state index in [9.17, 15) is 0 Å². The van der Waals surface area contributed by atoms with E-state index in [2.05, 4.69) is 28.6 Å². The minimum absolute atomic E-state index is 0.976. The molecule has 0 aliphatic carbocycles.